The maximum Gasteiger partial charge on any atom is 0.432 e. The summed E-state index contributed by atoms with van der Waals surface area (Å²) in [6.45, 7) is 1.90. The molecule has 0 unspecified atom stereocenters. The number of hydrogen-bond donors (Lipinski definition) is 0. The van der Waals surface area contributed by atoms with Crippen molar-refractivity contribution in [2.24, 2.45) is 0 Å². The molecule has 0 aliphatic carbocycles. The standard InChI is InChI=1S/C32H12BF24.C13H13N2O2/c34-25(35,36)13-1-14(26(37,38)39)6-21(5-13)33(22-7-15(27(40,41)42)2-16(8-22)28(43,44)45,23-9-17(29(46,47)48)3-18(10-23)30(49,50)51)24-11-19(31(52,53)54)4-20(12-24)32(55,56)57;1-2-4-11(5-3-1)10-15-7-6-14-12-13(15)17-9-8-16-12/h1-12H;1-7H,8-10H2/q-1;+1. The zero-order chi connectivity index (χ0) is 55.4. The Morgan fingerprint density at radius 3 is 0.919 bits per heavy atom. The third-order valence-electron chi connectivity index (χ3n) is 11.1. The lowest BCUT2D eigenvalue weighted by molar-refractivity contribution is -0.695. The fraction of sp³-hybridized carbons (Fsp3) is 0.244. The molecule has 0 spiro atoms. The minimum absolute atomic E-state index is 0.565. The Hall–Kier alpha value is -6.84. The van der Waals surface area contributed by atoms with Gasteiger partial charge < -0.3 is 9.47 Å². The second-order valence-electron chi connectivity index (χ2n) is 16.1. The van der Waals surface area contributed by atoms with Crippen LogP contribution in [-0.4, -0.2) is 24.3 Å². The third-order valence-corrected chi connectivity index (χ3v) is 11.1. The van der Waals surface area contributed by atoms with Gasteiger partial charge >= 0.3 is 61.2 Å². The first-order valence-corrected chi connectivity index (χ1v) is 20.2. The van der Waals surface area contributed by atoms with E-state index in [0.29, 0.717) is 25.0 Å². The summed E-state index contributed by atoms with van der Waals surface area (Å²) in [4.78, 5) is 4.15. The van der Waals surface area contributed by atoms with Crippen LogP contribution >= 0.6 is 0 Å². The SMILES string of the molecule is FC(F)(F)c1cc([B-](c2cc(C(F)(F)F)cc(C(F)(F)F)c2)(c2cc(C(F)(F)F)cc(C(F)(F)F)c2)c2cc(C(F)(F)F)cc(C(F)(F)F)c2)cc(C(F)(F)F)c1.c1ccc(C[n+]2ccnc3c2OCCO3)cc1. The van der Waals surface area contributed by atoms with Gasteiger partial charge in [0.05, 0.1) is 50.7 Å². The fourth-order valence-corrected chi connectivity index (χ4v) is 7.92. The zero-order valence-corrected chi connectivity index (χ0v) is 36.0. The molecule has 0 bridgehead atoms. The largest absolute Gasteiger partial charge is 0.467 e. The third kappa shape index (κ3) is 12.6. The summed E-state index contributed by atoms with van der Waals surface area (Å²) in [5, 5.41) is 0. The average Bonchev–Trinajstić information content (AvgIpc) is 3.27. The van der Waals surface area contributed by atoms with Crippen LogP contribution in [-0.2, 0) is 56.0 Å². The summed E-state index contributed by atoms with van der Waals surface area (Å²) in [7, 11) is 0. The summed E-state index contributed by atoms with van der Waals surface area (Å²) in [5.74, 6) is 1.29. The van der Waals surface area contributed by atoms with Crippen LogP contribution in [0.1, 0.15) is 50.1 Å². The minimum Gasteiger partial charge on any atom is -0.467 e. The second kappa shape index (κ2) is 19.5. The maximum absolute atomic E-state index is 14.2. The Morgan fingerprint density at radius 2 is 0.649 bits per heavy atom. The maximum atomic E-state index is 14.2. The number of fused-ring (bicyclic) bond motifs is 1. The van der Waals surface area contributed by atoms with Crippen LogP contribution in [0.2, 0.25) is 0 Å². The van der Waals surface area contributed by atoms with Crippen molar-refractivity contribution < 1.29 is 119 Å². The van der Waals surface area contributed by atoms with Crippen molar-refractivity contribution >= 4 is 28.0 Å². The van der Waals surface area contributed by atoms with Crippen molar-refractivity contribution in [3.8, 4) is 11.8 Å². The molecule has 0 atom stereocenters. The number of rotatable bonds is 6. The van der Waals surface area contributed by atoms with Gasteiger partial charge in [0.25, 0.3) is 0 Å². The number of aromatic nitrogens is 2. The van der Waals surface area contributed by atoms with Crippen LogP contribution < -0.4 is 35.9 Å². The van der Waals surface area contributed by atoms with Crippen molar-refractivity contribution in [2.75, 3.05) is 13.2 Å². The molecule has 0 amide bonds. The fourth-order valence-electron chi connectivity index (χ4n) is 7.92. The summed E-state index contributed by atoms with van der Waals surface area (Å²) >= 11 is 0. The van der Waals surface area contributed by atoms with Crippen LogP contribution in [0.3, 0.4) is 0 Å². The minimum atomic E-state index is -6.13. The van der Waals surface area contributed by atoms with Crippen molar-refractivity contribution in [1.29, 1.82) is 0 Å². The van der Waals surface area contributed by atoms with Gasteiger partial charge in [-0.05, 0) is 24.3 Å². The van der Waals surface area contributed by atoms with Crippen molar-refractivity contribution in [3.05, 3.63) is 166 Å². The lowest BCUT2D eigenvalue weighted by Gasteiger charge is -2.46. The highest BCUT2D eigenvalue weighted by molar-refractivity contribution is 7.20. The molecule has 74 heavy (non-hydrogen) atoms. The molecule has 1 aliphatic heterocycles. The predicted octanol–water partition coefficient (Wildman–Crippen LogP) is 12.4. The molecule has 1 aliphatic rings. The highest BCUT2D eigenvalue weighted by atomic mass is 19.4. The molecule has 0 fully saturated rings. The van der Waals surface area contributed by atoms with Gasteiger partial charge in [-0.15, -0.1) is 0 Å². The molecular weight excluding hydrogens is 1070 g/mol. The van der Waals surface area contributed by atoms with Gasteiger partial charge in [0, 0.05) is 5.56 Å². The molecule has 0 N–H and O–H groups in total. The van der Waals surface area contributed by atoms with E-state index in [4.69, 9.17) is 9.47 Å². The predicted molar refractivity (Wildman–Crippen MR) is 211 cm³/mol. The Labute approximate surface area is 398 Å². The van der Waals surface area contributed by atoms with Gasteiger partial charge in [0.15, 0.2) is 12.7 Å². The highest BCUT2D eigenvalue weighted by Crippen LogP contribution is 2.41. The van der Waals surface area contributed by atoms with Crippen LogP contribution in [0.4, 0.5) is 105 Å². The molecule has 398 valence electrons. The number of halogens is 24. The number of benzene rings is 5. The first-order chi connectivity index (χ1) is 33.7. The molecule has 0 saturated heterocycles. The highest BCUT2D eigenvalue weighted by Gasteiger charge is 2.47. The van der Waals surface area contributed by atoms with E-state index in [9.17, 15) is 105 Å². The number of nitrogens with zero attached hydrogens (tertiary/aromatic N) is 2. The Kier molecular flexibility index (Phi) is 14.8. The Balaban J connectivity index is 0.000000436. The molecule has 5 aromatic carbocycles. The van der Waals surface area contributed by atoms with Crippen LogP contribution in [0.15, 0.2) is 116 Å². The van der Waals surface area contributed by atoms with E-state index in [-0.39, 0.29) is 0 Å². The normalized spacial score (nSPS) is 14.1. The molecule has 29 heteroatoms. The van der Waals surface area contributed by atoms with Crippen LogP contribution in [0, 0.1) is 0 Å². The first-order valence-electron chi connectivity index (χ1n) is 20.2. The number of hydrogen-bond acceptors (Lipinski definition) is 3. The van der Waals surface area contributed by atoms with E-state index in [2.05, 4.69) is 17.1 Å². The molecule has 1 aromatic heterocycles. The van der Waals surface area contributed by atoms with E-state index in [1.807, 2.05) is 29.0 Å². The van der Waals surface area contributed by atoms with Gasteiger partial charge in [-0.3, -0.25) is 0 Å². The Morgan fingerprint density at radius 1 is 0.378 bits per heavy atom. The zero-order valence-electron chi connectivity index (χ0n) is 36.0. The van der Waals surface area contributed by atoms with Gasteiger partial charge in [-0.25, -0.2) is 4.98 Å². The van der Waals surface area contributed by atoms with Crippen LogP contribution in [0.5, 0.6) is 11.8 Å². The molecule has 0 saturated carbocycles. The molecular formula is C45H25BF24N2O2. The smallest absolute Gasteiger partial charge is 0.432 e. The van der Waals surface area contributed by atoms with Gasteiger partial charge in [0.2, 0.25) is 0 Å². The summed E-state index contributed by atoms with van der Waals surface area (Å²) in [6, 6.07) is 1.43. The molecule has 0 radical (unpaired) electrons. The van der Waals surface area contributed by atoms with Gasteiger partial charge in [-0.1, -0.05) is 78.9 Å². The van der Waals surface area contributed by atoms with E-state index < -0.39 is 195 Å². The number of alkyl halides is 24. The number of ether oxygens (including phenoxy) is 2. The molecule has 6 aromatic rings. The lowest BCUT2D eigenvalue weighted by Crippen LogP contribution is -2.75. The van der Waals surface area contributed by atoms with Crippen molar-refractivity contribution in [2.45, 2.75) is 56.0 Å². The first kappa shape index (κ1) is 56.5. The van der Waals surface area contributed by atoms with E-state index in [0.717, 1.165) is 6.54 Å². The van der Waals surface area contributed by atoms with Gasteiger partial charge in [0.1, 0.15) is 19.4 Å². The summed E-state index contributed by atoms with van der Waals surface area (Å²) in [6.07, 6.45) is -51.2. The summed E-state index contributed by atoms with van der Waals surface area (Å²) in [5.41, 5.74) is -29.0. The average molecular weight is 1090 g/mol. The lowest BCUT2D eigenvalue weighted by atomic mass is 9.12. The quantitative estimate of drug-likeness (QED) is 0.0947. The van der Waals surface area contributed by atoms with Crippen molar-refractivity contribution in [1.82, 2.24) is 4.98 Å². The molecule has 4 nitrogen and oxygen atoms in total. The van der Waals surface area contributed by atoms with Crippen molar-refractivity contribution in [3.63, 3.8) is 0 Å². The molecule has 2 heterocycles. The Bertz CT molecular complexity index is 2550. The summed E-state index contributed by atoms with van der Waals surface area (Å²) < 4.78 is 354. The second-order valence-corrected chi connectivity index (χ2v) is 16.1. The van der Waals surface area contributed by atoms with E-state index in [1.165, 1.54) is 5.56 Å². The van der Waals surface area contributed by atoms with Crippen LogP contribution in [0.25, 0.3) is 0 Å². The van der Waals surface area contributed by atoms with E-state index in [1.54, 1.807) is 6.20 Å². The van der Waals surface area contributed by atoms with E-state index >= 15 is 0 Å². The van der Waals surface area contributed by atoms with Gasteiger partial charge in [-0.2, -0.15) is 132 Å². The molecule has 7 rings (SSSR count). The monoisotopic (exact) mass is 1090 g/mol. The topological polar surface area (TPSA) is 35.2 Å².